The van der Waals surface area contributed by atoms with Crippen LogP contribution in [0.4, 0.5) is 0 Å². The van der Waals surface area contributed by atoms with Crippen molar-refractivity contribution < 1.29 is 4.79 Å². The number of primary amides is 1. The highest BCUT2D eigenvalue weighted by molar-refractivity contribution is 5.94. The van der Waals surface area contributed by atoms with Gasteiger partial charge in [-0.1, -0.05) is 44.0 Å². The first-order chi connectivity index (χ1) is 15.5. The summed E-state index contributed by atoms with van der Waals surface area (Å²) in [6, 6.07) is 14.4. The van der Waals surface area contributed by atoms with E-state index in [9.17, 15) is 4.79 Å². The first-order valence-corrected chi connectivity index (χ1v) is 11.6. The normalized spacial score (nSPS) is 18.7. The number of aryl methyl sites for hydroxylation is 1. The van der Waals surface area contributed by atoms with Crippen molar-refractivity contribution in [3.63, 3.8) is 0 Å². The minimum atomic E-state index is -0.409. The van der Waals surface area contributed by atoms with E-state index in [4.69, 9.17) is 10.7 Å². The van der Waals surface area contributed by atoms with E-state index in [2.05, 4.69) is 48.2 Å². The number of hydrogen-bond donors (Lipinski definition) is 1. The fourth-order valence-corrected chi connectivity index (χ4v) is 4.93. The van der Waals surface area contributed by atoms with Crippen LogP contribution in [0, 0.1) is 5.92 Å². The molecule has 168 valence electrons. The molecule has 1 amide bonds. The average molecular weight is 432 g/mol. The molecule has 1 saturated carbocycles. The lowest BCUT2D eigenvalue weighted by molar-refractivity contribution is 0.0996. The molecule has 6 nitrogen and oxygen atoms in total. The first kappa shape index (κ1) is 22.2. The van der Waals surface area contributed by atoms with Crippen molar-refractivity contribution in [2.24, 2.45) is 11.7 Å². The van der Waals surface area contributed by atoms with Gasteiger partial charge in [-0.3, -0.25) is 4.79 Å². The lowest BCUT2D eigenvalue weighted by atomic mass is 9.76. The molecule has 1 aliphatic carbocycles. The zero-order chi connectivity index (χ0) is 22.5. The lowest BCUT2D eigenvalue weighted by Gasteiger charge is -2.35. The summed E-state index contributed by atoms with van der Waals surface area (Å²) in [5.41, 5.74) is 9.81. The van der Waals surface area contributed by atoms with Gasteiger partial charge in [0.15, 0.2) is 5.82 Å². The lowest BCUT2D eigenvalue weighted by Crippen LogP contribution is -2.32. The second-order valence-electron chi connectivity index (χ2n) is 8.93. The number of pyridine rings is 1. The zero-order valence-corrected chi connectivity index (χ0v) is 19.1. The Bertz CT molecular complexity index is 1030. The van der Waals surface area contributed by atoms with Gasteiger partial charge in [-0.2, -0.15) is 5.10 Å². The van der Waals surface area contributed by atoms with Crippen LogP contribution in [-0.4, -0.2) is 39.2 Å². The van der Waals surface area contributed by atoms with Crippen LogP contribution in [0.1, 0.15) is 65.7 Å². The highest BCUT2D eigenvalue weighted by Crippen LogP contribution is 2.39. The third-order valence-corrected chi connectivity index (χ3v) is 6.60. The fourth-order valence-electron chi connectivity index (χ4n) is 4.93. The number of carbonyl (C=O) groups excluding carboxylic acids is 1. The summed E-state index contributed by atoms with van der Waals surface area (Å²) in [6.45, 7) is 4.06. The van der Waals surface area contributed by atoms with E-state index in [0.717, 1.165) is 50.3 Å². The number of aromatic nitrogens is 3. The summed E-state index contributed by atoms with van der Waals surface area (Å²) in [4.78, 5) is 19.5. The van der Waals surface area contributed by atoms with Crippen LogP contribution >= 0.6 is 0 Å². The van der Waals surface area contributed by atoms with Crippen LogP contribution in [0.15, 0.2) is 54.9 Å². The minimum absolute atomic E-state index is 0.215. The second-order valence-corrected chi connectivity index (χ2v) is 8.93. The van der Waals surface area contributed by atoms with Gasteiger partial charge >= 0.3 is 0 Å². The third kappa shape index (κ3) is 5.07. The fraction of sp³-hybridized carbons (Fsp3) is 0.423. The molecule has 0 bridgehead atoms. The molecule has 2 heterocycles. The van der Waals surface area contributed by atoms with E-state index >= 15 is 0 Å². The smallest absolute Gasteiger partial charge is 0.250 e. The van der Waals surface area contributed by atoms with Crippen molar-refractivity contribution in [3.8, 4) is 5.82 Å². The molecule has 1 aromatic carbocycles. The minimum Gasteiger partial charge on any atom is -0.366 e. The molecule has 2 N–H and O–H groups in total. The van der Waals surface area contributed by atoms with E-state index in [1.54, 1.807) is 10.9 Å². The maximum atomic E-state index is 12.2. The Balaban J connectivity index is 1.56. The van der Waals surface area contributed by atoms with Crippen LogP contribution in [0.2, 0.25) is 0 Å². The Hall–Kier alpha value is -2.99. The van der Waals surface area contributed by atoms with Gasteiger partial charge in [-0.15, -0.1) is 0 Å². The van der Waals surface area contributed by atoms with Crippen molar-refractivity contribution in [2.45, 2.75) is 51.5 Å². The van der Waals surface area contributed by atoms with Gasteiger partial charge in [-0.05, 0) is 61.6 Å². The van der Waals surface area contributed by atoms with E-state index in [1.165, 1.54) is 17.5 Å². The summed E-state index contributed by atoms with van der Waals surface area (Å²) in [5, 5.41) is 4.30. The van der Waals surface area contributed by atoms with Gasteiger partial charge in [0.1, 0.15) is 0 Å². The number of benzene rings is 1. The van der Waals surface area contributed by atoms with Crippen molar-refractivity contribution >= 4 is 5.91 Å². The molecule has 2 aromatic heterocycles. The van der Waals surface area contributed by atoms with Crippen LogP contribution in [0.5, 0.6) is 0 Å². The Kier molecular flexibility index (Phi) is 7.00. The van der Waals surface area contributed by atoms with Gasteiger partial charge in [0.25, 0.3) is 5.91 Å². The number of hydrogen-bond acceptors (Lipinski definition) is 4. The van der Waals surface area contributed by atoms with Gasteiger partial charge < -0.3 is 10.6 Å². The SMILES string of the molecule is CCc1ccc(CN(C)CC2CCCCC2c2nc(-n3cccn3)ccc2C(N)=O)cc1. The Morgan fingerprint density at radius 3 is 2.56 bits per heavy atom. The summed E-state index contributed by atoms with van der Waals surface area (Å²) >= 11 is 0. The number of nitrogens with zero attached hydrogens (tertiary/aromatic N) is 4. The summed E-state index contributed by atoms with van der Waals surface area (Å²) in [6.07, 6.45) is 9.18. The molecule has 0 saturated heterocycles. The average Bonchev–Trinajstić information content (AvgIpc) is 3.34. The predicted molar refractivity (Wildman–Crippen MR) is 127 cm³/mol. The van der Waals surface area contributed by atoms with Crippen molar-refractivity contribution in [2.75, 3.05) is 13.6 Å². The molecule has 0 aliphatic heterocycles. The summed E-state index contributed by atoms with van der Waals surface area (Å²) in [5.74, 6) is 0.964. The molecule has 2 atom stereocenters. The van der Waals surface area contributed by atoms with E-state index in [1.807, 2.05) is 24.4 Å². The van der Waals surface area contributed by atoms with Crippen molar-refractivity contribution in [3.05, 3.63) is 77.2 Å². The maximum Gasteiger partial charge on any atom is 0.250 e. The largest absolute Gasteiger partial charge is 0.366 e. The Morgan fingerprint density at radius 2 is 1.88 bits per heavy atom. The summed E-state index contributed by atoms with van der Waals surface area (Å²) < 4.78 is 1.73. The van der Waals surface area contributed by atoms with Crippen molar-refractivity contribution in [1.29, 1.82) is 0 Å². The van der Waals surface area contributed by atoms with Crippen LogP contribution in [0.3, 0.4) is 0 Å². The Morgan fingerprint density at radius 1 is 1.12 bits per heavy atom. The highest BCUT2D eigenvalue weighted by Gasteiger charge is 2.31. The van der Waals surface area contributed by atoms with Crippen LogP contribution in [0.25, 0.3) is 5.82 Å². The van der Waals surface area contributed by atoms with E-state index in [0.29, 0.717) is 11.5 Å². The molecular formula is C26H33N5O. The predicted octanol–water partition coefficient (Wildman–Crippen LogP) is 4.33. The first-order valence-electron chi connectivity index (χ1n) is 11.6. The van der Waals surface area contributed by atoms with Gasteiger partial charge in [0.05, 0.1) is 11.3 Å². The van der Waals surface area contributed by atoms with Crippen LogP contribution in [-0.2, 0) is 13.0 Å². The molecule has 4 rings (SSSR count). The van der Waals surface area contributed by atoms with Crippen LogP contribution < -0.4 is 5.73 Å². The molecule has 2 unspecified atom stereocenters. The molecule has 0 radical (unpaired) electrons. The summed E-state index contributed by atoms with van der Waals surface area (Å²) in [7, 11) is 2.18. The maximum absolute atomic E-state index is 12.2. The molecule has 1 fully saturated rings. The Labute approximate surface area is 190 Å². The zero-order valence-electron chi connectivity index (χ0n) is 19.1. The number of rotatable bonds is 8. The second kappa shape index (κ2) is 10.1. The molecule has 0 spiro atoms. The van der Waals surface area contributed by atoms with Gasteiger partial charge in [-0.25, -0.2) is 9.67 Å². The molecular weight excluding hydrogens is 398 g/mol. The third-order valence-electron chi connectivity index (χ3n) is 6.60. The molecule has 1 aliphatic rings. The van der Waals surface area contributed by atoms with Gasteiger partial charge in [0.2, 0.25) is 0 Å². The van der Waals surface area contributed by atoms with E-state index < -0.39 is 5.91 Å². The molecule has 6 heteroatoms. The van der Waals surface area contributed by atoms with Gasteiger partial charge in [0, 0.05) is 31.4 Å². The number of carbonyl (C=O) groups is 1. The number of nitrogens with two attached hydrogens (primary N) is 1. The topological polar surface area (TPSA) is 77.0 Å². The molecule has 32 heavy (non-hydrogen) atoms. The van der Waals surface area contributed by atoms with Crippen molar-refractivity contribution in [1.82, 2.24) is 19.7 Å². The molecule has 3 aromatic rings. The highest BCUT2D eigenvalue weighted by atomic mass is 16.1. The quantitative estimate of drug-likeness (QED) is 0.576. The monoisotopic (exact) mass is 431 g/mol. The standard InChI is InChI=1S/C26H33N5O/c1-3-19-9-11-20(12-10-19)17-30(2)18-21-7-4-5-8-22(21)25-23(26(27)32)13-14-24(29-25)31-16-6-15-28-31/h6,9-16,21-22H,3-5,7-8,17-18H2,1-2H3,(H2,27,32). The van der Waals surface area contributed by atoms with E-state index in [-0.39, 0.29) is 5.92 Å². The number of amides is 1.